The zero-order valence-electron chi connectivity index (χ0n) is 32.6. The quantitative estimate of drug-likeness (QED) is 0.146. The highest BCUT2D eigenvalue weighted by molar-refractivity contribution is 5.96. The SMILES string of the molecule is CCCOc1ccc(/C=C/C(=O)N(Cc2ccc(N3CCN(C(C)=O)CC3)cc2)[C@@H](Cc2ccccc2)C(=O)N2CCN(Cc3ccc(C#N)cc3)CC2)cc1. The number of piperazine rings is 2. The molecule has 4 aromatic rings. The molecule has 4 aromatic carbocycles. The topological polar surface area (TPSA) is 100 Å². The van der Waals surface area contributed by atoms with E-state index in [4.69, 9.17) is 4.74 Å². The third-order valence-corrected chi connectivity index (χ3v) is 10.5. The lowest BCUT2D eigenvalue weighted by atomic mass is 10.0. The van der Waals surface area contributed by atoms with Crippen LogP contribution in [0.1, 0.15) is 48.1 Å². The lowest BCUT2D eigenvalue weighted by Gasteiger charge is -2.39. The molecule has 0 aliphatic carbocycles. The highest BCUT2D eigenvalue weighted by atomic mass is 16.5. The maximum absolute atomic E-state index is 14.7. The van der Waals surface area contributed by atoms with Gasteiger partial charge in [-0.3, -0.25) is 19.3 Å². The van der Waals surface area contributed by atoms with Gasteiger partial charge in [-0.25, -0.2) is 0 Å². The first kappa shape index (κ1) is 39.8. The lowest BCUT2D eigenvalue weighted by Crippen LogP contribution is -2.56. The molecule has 10 heteroatoms. The van der Waals surface area contributed by atoms with E-state index in [9.17, 15) is 19.6 Å². The van der Waals surface area contributed by atoms with E-state index in [1.165, 1.54) is 0 Å². The van der Waals surface area contributed by atoms with E-state index in [2.05, 4.69) is 34.9 Å². The van der Waals surface area contributed by atoms with Gasteiger partial charge in [0.15, 0.2) is 0 Å². The molecule has 0 spiro atoms. The second-order valence-corrected chi connectivity index (χ2v) is 14.5. The van der Waals surface area contributed by atoms with Gasteiger partial charge in [0.25, 0.3) is 0 Å². The standard InChI is InChI=1S/C46H52N6O4/c1-3-31-56-43-20-15-37(16-21-43)17-22-45(54)52(35-41-13-18-42(19-14-41)50-29-27-49(28-30-50)36(2)53)44(32-38-7-5-4-6-8-38)46(55)51-25-23-48(24-26-51)34-40-11-9-39(33-47)10-12-40/h4-22,44H,3,23-32,34-35H2,1-2H3/b22-17+/t44-/m0/s1. The first-order chi connectivity index (χ1) is 27.3. The summed E-state index contributed by atoms with van der Waals surface area (Å²) in [6.07, 6.45) is 4.68. The first-order valence-electron chi connectivity index (χ1n) is 19.6. The summed E-state index contributed by atoms with van der Waals surface area (Å²) in [5, 5.41) is 9.18. The summed E-state index contributed by atoms with van der Waals surface area (Å²) >= 11 is 0. The van der Waals surface area contributed by atoms with E-state index >= 15 is 0 Å². The number of carbonyl (C=O) groups excluding carboxylic acids is 3. The lowest BCUT2D eigenvalue weighted by molar-refractivity contribution is -0.145. The van der Waals surface area contributed by atoms with Gasteiger partial charge in [-0.2, -0.15) is 5.26 Å². The Hall–Kier alpha value is -5.92. The third kappa shape index (κ3) is 10.9. The summed E-state index contributed by atoms with van der Waals surface area (Å²) in [7, 11) is 0. The van der Waals surface area contributed by atoms with Crippen molar-refractivity contribution in [1.29, 1.82) is 5.26 Å². The van der Waals surface area contributed by atoms with Crippen LogP contribution in [0, 0.1) is 11.3 Å². The molecule has 0 bridgehead atoms. The second-order valence-electron chi connectivity index (χ2n) is 14.5. The number of carbonyl (C=O) groups is 3. The Morgan fingerprint density at radius 3 is 2.04 bits per heavy atom. The van der Waals surface area contributed by atoms with Crippen molar-refractivity contribution in [3.05, 3.63) is 137 Å². The molecule has 56 heavy (non-hydrogen) atoms. The van der Waals surface area contributed by atoms with E-state index in [0.717, 1.165) is 59.7 Å². The van der Waals surface area contributed by atoms with Crippen molar-refractivity contribution in [3.8, 4) is 11.8 Å². The summed E-state index contributed by atoms with van der Waals surface area (Å²) in [5.74, 6) is 0.577. The van der Waals surface area contributed by atoms with Gasteiger partial charge in [0, 0.05) is 90.6 Å². The van der Waals surface area contributed by atoms with E-state index in [1.807, 2.05) is 101 Å². The summed E-state index contributed by atoms with van der Waals surface area (Å²) in [6.45, 7) is 10.7. The summed E-state index contributed by atoms with van der Waals surface area (Å²) < 4.78 is 5.74. The molecule has 0 aromatic heterocycles. The number of benzene rings is 4. The Morgan fingerprint density at radius 2 is 1.41 bits per heavy atom. The number of amides is 3. The molecule has 0 radical (unpaired) electrons. The van der Waals surface area contributed by atoms with E-state index in [1.54, 1.807) is 24.0 Å². The smallest absolute Gasteiger partial charge is 0.247 e. The van der Waals surface area contributed by atoms with Gasteiger partial charge in [0.05, 0.1) is 18.2 Å². The summed E-state index contributed by atoms with van der Waals surface area (Å²) in [6, 6.07) is 34.9. The van der Waals surface area contributed by atoms with E-state index in [-0.39, 0.29) is 24.3 Å². The van der Waals surface area contributed by atoms with Crippen LogP contribution < -0.4 is 9.64 Å². The van der Waals surface area contributed by atoms with Gasteiger partial charge in [-0.05, 0) is 71.1 Å². The highest BCUT2D eigenvalue weighted by Gasteiger charge is 2.34. The molecule has 2 aliphatic rings. The number of nitriles is 1. The summed E-state index contributed by atoms with van der Waals surface area (Å²) in [5.41, 5.74) is 5.60. The largest absolute Gasteiger partial charge is 0.494 e. The monoisotopic (exact) mass is 752 g/mol. The number of ether oxygens (including phenoxy) is 1. The minimum absolute atomic E-state index is 0.0639. The molecule has 1 atom stereocenters. The minimum atomic E-state index is -0.733. The van der Waals surface area contributed by atoms with Crippen LogP contribution in [0.2, 0.25) is 0 Å². The van der Waals surface area contributed by atoms with E-state index < -0.39 is 6.04 Å². The Labute approximate surface area is 331 Å². The molecule has 0 unspecified atom stereocenters. The fraction of sp³-hybridized carbons (Fsp3) is 0.348. The average molecular weight is 753 g/mol. The van der Waals surface area contributed by atoms with Crippen LogP contribution in [0.5, 0.6) is 5.75 Å². The second kappa shape index (κ2) is 19.6. The van der Waals surface area contributed by atoms with Crippen molar-refractivity contribution in [3.63, 3.8) is 0 Å². The molecule has 2 saturated heterocycles. The maximum Gasteiger partial charge on any atom is 0.247 e. The molecule has 0 N–H and O–H groups in total. The van der Waals surface area contributed by atoms with Crippen LogP contribution in [0.3, 0.4) is 0 Å². The van der Waals surface area contributed by atoms with Gasteiger partial charge < -0.3 is 24.3 Å². The Bertz CT molecular complexity index is 1960. The fourth-order valence-electron chi connectivity index (χ4n) is 7.24. The molecular weight excluding hydrogens is 701 g/mol. The zero-order valence-corrected chi connectivity index (χ0v) is 32.6. The van der Waals surface area contributed by atoms with Gasteiger partial charge in [0.1, 0.15) is 11.8 Å². The van der Waals surface area contributed by atoms with Gasteiger partial charge in [0.2, 0.25) is 17.7 Å². The number of rotatable bonds is 14. The normalized spacial score (nSPS) is 15.3. The van der Waals surface area contributed by atoms with Crippen molar-refractivity contribution >= 4 is 29.5 Å². The van der Waals surface area contributed by atoms with Crippen LogP contribution in [0.15, 0.2) is 109 Å². The van der Waals surface area contributed by atoms with Crippen molar-refractivity contribution in [2.24, 2.45) is 0 Å². The number of hydrogen-bond acceptors (Lipinski definition) is 7. The Morgan fingerprint density at radius 1 is 0.768 bits per heavy atom. The Balaban J connectivity index is 1.23. The van der Waals surface area contributed by atoms with E-state index in [0.29, 0.717) is 57.9 Å². The molecule has 0 saturated carbocycles. The number of hydrogen-bond donors (Lipinski definition) is 0. The first-order valence-corrected chi connectivity index (χ1v) is 19.6. The average Bonchev–Trinajstić information content (AvgIpc) is 3.24. The Kier molecular flexibility index (Phi) is 13.9. The van der Waals surface area contributed by atoms with Crippen molar-refractivity contribution in [2.75, 3.05) is 63.9 Å². The molecule has 2 aliphatic heterocycles. The third-order valence-electron chi connectivity index (χ3n) is 10.5. The number of nitrogens with zero attached hydrogens (tertiary/aromatic N) is 6. The molecule has 2 heterocycles. The highest BCUT2D eigenvalue weighted by Crippen LogP contribution is 2.23. The molecule has 10 nitrogen and oxygen atoms in total. The zero-order chi connectivity index (χ0) is 39.3. The molecular formula is C46H52N6O4. The minimum Gasteiger partial charge on any atom is -0.494 e. The summed E-state index contributed by atoms with van der Waals surface area (Å²) in [4.78, 5) is 51.1. The van der Waals surface area contributed by atoms with Crippen LogP contribution >= 0.6 is 0 Å². The van der Waals surface area contributed by atoms with Crippen molar-refractivity contribution < 1.29 is 19.1 Å². The van der Waals surface area contributed by atoms with Crippen LogP contribution in [-0.2, 0) is 33.9 Å². The fourth-order valence-corrected chi connectivity index (χ4v) is 7.24. The molecule has 3 amide bonds. The molecule has 2 fully saturated rings. The van der Waals surface area contributed by atoms with Crippen LogP contribution in [0.25, 0.3) is 6.08 Å². The predicted molar refractivity (Wildman–Crippen MR) is 220 cm³/mol. The van der Waals surface area contributed by atoms with Crippen LogP contribution in [0.4, 0.5) is 5.69 Å². The molecule has 290 valence electrons. The predicted octanol–water partition coefficient (Wildman–Crippen LogP) is 6.01. The maximum atomic E-state index is 14.7. The number of anilines is 1. The van der Waals surface area contributed by atoms with Crippen molar-refractivity contribution in [2.45, 2.75) is 45.8 Å². The van der Waals surface area contributed by atoms with Gasteiger partial charge in [-0.1, -0.05) is 73.7 Å². The van der Waals surface area contributed by atoms with Gasteiger partial charge >= 0.3 is 0 Å². The molecule has 6 rings (SSSR count). The van der Waals surface area contributed by atoms with Gasteiger partial charge in [-0.15, -0.1) is 0 Å². The van der Waals surface area contributed by atoms with Crippen molar-refractivity contribution in [1.82, 2.24) is 19.6 Å². The van der Waals surface area contributed by atoms with Crippen LogP contribution in [-0.4, -0.2) is 102 Å².